The molecule has 1 fully saturated rings. The van der Waals surface area contributed by atoms with E-state index in [0.717, 1.165) is 35.3 Å². The third kappa shape index (κ3) is 2.85. The maximum absolute atomic E-state index is 12.9. The normalized spacial score (nSPS) is 19.1. The molecule has 3 aromatic rings. The maximum Gasteiger partial charge on any atom is 0.264 e. The van der Waals surface area contributed by atoms with Gasteiger partial charge in [-0.15, -0.1) is 0 Å². The van der Waals surface area contributed by atoms with Gasteiger partial charge in [-0.25, -0.2) is 0 Å². The van der Waals surface area contributed by atoms with Crippen LogP contribution in [-0.2, 0) is 11.2 Å². The van der Waals surface area contributed by atoms with E-state index < -0.39 is 6.10 Å². The molecular weight excluding hydrogens is 366 g/mol. The lowest BCUT2D eigenvalue weighted by Gasteiger charge is -2.29. The van der Waals surface area contributed by atoms with Crippen molar-refractivity contribution in [3.05, 3.63) is 47.3 Å². The fourth-order valence-corrected chi connectivity index (χ4v) is 4.08. The van der Waals surface area contributed by atoms with E-state index in [1.54, 1.807) is 12.5 Å². The van der Waals surface area contributed by atoms with E-state index in [9.17, 15) is 4.79 Å². The van der Waals surface area contributed by atoms with Crippen LogP contribution in [0.25, 0.3) is 22.2 Å². The highest BCUT2D eigenvalue weighted by Gasteiger charge is 2.35. The molecule has 138 valence electrons. The van der Waals surface area contributed by atoms with Gasteiger partial charge < -0.3 is 19.4 Å². The molecule has 1 atom stereocenters. The van der Waals surface area contributed by atoms with Crippen LogP contribution in [0.3, 0.4) is 0 Å². The summed E-state index contributed by atoms with van der Waals surface area (Å²) in [7, 11) is 0. The molecule has 6 nitrogen and oxygen atoms in total. The first-order valence-electron chi connectivity index (χ1n) is 9.02. The Morgan fingerprint density at radius 3 is 2.93 bits per heavy atom. The minimum Gasteiger partial charge on any atom is -0.479 e. The van der Waals surface area contributed by atoms with Crippen LogP contribution in [0, 0.1) is 0 Å². The molecule has 5 rings (SSSR count). The molecule has 0 radical (unpaired) electrons. The van der Waals surface area contributed by atoms with Crippen LogP contribution >= 0.6 is 11.6 Å². The van der Waals surface area contributed by atoms with Crippen molar-refractivity contribution in [3.63, 3.8) is 0 Å². The van der Waals surface area contributed by atoms with Gasteiger partial charge in [-0.2, -0.15) is 0 Å². The molecule has 1 aromatic carbocycles. The Balaban J connectivity index is 1.53. The highest BCUT2D eigenvalue weighted by Crippen LogP contribution is 2.43. The van der Waals surface area contributed by atoms with Gasteiger partial charge >= 0.3 is 0 Å². The van der Waals surface area contributed by atoms with E-state index in [1.165, 1.54) is 0 Å². The maximum atomic E-state index is 12.9. The van der Waals surface area contributed by atoms with Crippen molar-refractivity contribution >= 4 is 28.6 Å². The number of rotatable bonds is 2. The molecule has 0 spiro atoms. The van der Waals surface area contributed by atoms with Gasteiger partial charge in [0.1, 0.15) is 11.3 Å². The Morgan fingerprint density at radius 1 is 1.22 bits per heavy atom. The number of hydrogen-bond acceptors (Lipinski definition) is 5. The summed E-state index contributed by atoms with van der Waals surface area (Å²) in [6.07, 6.45) is 3.37. The largest absolute Gasteiger partial charge is 0.479 e. The van der Waals surface area contributed by atoms with Gasteiger partial charge in [0.25, 0.3) is 5.91 Å². The number of amides is 1. The second-order valence-electron chi connectivity index (χ2n) is 6.82. The lowest BCUT2D eigenvalue weighted by Crippen LogP contribution is -2.50. The van der Waals surface area contributed by atoms with Crippen molar-refractivity contribution in [3.8, 4) is 16.9 Å². The molecule has 0 bridgehead atoms. The summed E-state index contributed by atoms with van der Waals surface area (Å²) < 4.78 is 11.8. The molecule has 0 aliphatic carbocycles. The van der Waals surface area contributed by atoms with Crippen molar-refractivity contribution in [1.29, 1.82) is 0 Å². The standard InChI is InChI=1S/C20H18ClN3O3/c21-13-9-12-10-17(20(25)24-6-4-22-5-7-24)27-18(12)15(11-13)14-1-3-23-16-2-8-26-19(14)16/h1-3,8-9,11,17,22H,4-7,10H2. The minimum atomic E-state index is -0.510. The summed E-state index contributed by atoms with van der Waals surface area (Å²) in [5.74, 6) is 0.740. The van der Waals surface area contributed by atoms with Gasteiger partial charge in [-0.05, 0) is 18.2 Å². The summed E-state index contributed by atoms with van der Waals surface area (Å²) in [6.45, 7) is 3.05. The third-order valence-electron chi connectivity index (χ3n) is 5.13. The fourth-order valence-electron chi connectivity index (χ4n) is 3.84. The molecule has 0 saturated carbocycles. The summed E-state index contributed by atoms with van der Waals surface area (Å²) in [5, 5.41) is 3.87. The number of ether oxygens (including phenoxy) is 1. The Bertz CT molecular complexity index is 1030. The second-order valence-corrected chi connectivity index (χ2v) is 7.26. The number of hydrogen-bond donors (Lipinski definition) is 1. The first-order chi connectivity index (χ1) is 13.2. The zero-order chi connectivity index (χ0) is 18.4. The van der Waals surface area contributed by atoms with E-state index >= 15 is 0 Å². The minimum absolute atomic E-state index is 0.0349. The fraction of sp³-hybridized carbons (Fsp3) is 0.300. The van der Waals surface area contributed by atoms with Crippen molar-refractivity contribution in [2.24, 2.45) is 0 Å². The number of aromatic nitrogens is 1. The molecule has 7 heteroatoms. The van der Waals surface area contributed by atoms with Gasteiger partial charge in [0.05, 0.1) is 6.26 Å². The first-order valence-corrected chi connectivity index (χ1v) is 9.39. The smallest absolute Gasteiger partial charge is 0.264 e. The second kappa shape index (κ2) is 6.55. The molecule has 2 aliphatic rings. The van der Waals surface area contributed by atoms with Crippen LogP contribution < -0.4 is 10.1 Å². The Kier molecular flexibility index (Phi) is 4.02. The van der Waals surface area contributed by atoms with E-state index in [-0.39, 0.29) is 5.91 Å². The van der Waals surface area contributed by atoms with Gasteiger partial charge in [-0.3, -0.25) is 9.78 Å². The van der Waals surface area contributed by atoms with Crippen LogP contribution in [0.2, 0.25) is 5.02 Å². The molecule has 2 aliphatic heterocycles. The van der Waals surface area contributed by atoms with Crippen LogP contribution in [0.4, 0.5) is 0 Å². The average Bonchev–Trinajstić information content (AvgIpc) is 3.34. The highest BCUT2D eigenvalue weighted by atomic mass is 35.5. The number of carbonyl (C=O) groups is 1. The molecule has 27 heavy (non-hydrogen) atoms. The predicted octanol–water partition coefficient (Wildman–Crippen LogP) is 2.88. The monoisotopic (exact) mass is 383 g/mol. The number of nitrogens with one attached hydrogen (secondary N) is 1. The lowest BCUT2D eigenvalue weighted by molar-refractivity contribution is -0.138. The predicted molar refractivity (Wildman–Crippen MR) is 102 cm³/mol. The van der Waals surface area contributed by atoms with Crippen molar-refractivity contribution in [2.75, 3.05) is 26.2 Å². The third-order valence-corrected chi connectivity index (χ3v) is 5.35. The number of pyridine rings is 1. The van der Waals surface area contributed by atoms with Gasteiger partial charge in [0, 0.05) is 66.6 Å². The number of nitrogens with zero attached hydrogens (tertiary/aromatic N) is 2. The summed E-state index contributed by atoms with van der Waals surface area (Å²) >= 11 is 6.37. The average molecular weight is 384 g/mol. The molecular formula is C20H18ClN3O3. The summed E-state index contributed by atoms with van der Waals surface area (Å²) in [4.78, 5) is 19.1. The van der Waals surface area contributed by atoms with Gasteiger partial charge in [-0.1, -0.05) is 11.6 Å². The molecule has 1 saturated heterocycles. The molecule has 4 heterocycles. The van der Waals surface area contributed by atoms with Crippen LogP contribution in [0.5, 0.6) is 5.75 Å². The number of benzene rings is 1. The Hall–Kier alpha value is -2.57. The number of halogens is 1. The van der Waals surface area contributed by atoms with Gasteiger partial charge in [0.2, 0.25) is 0 Å². The number of fused-ring (bicyclic) bond motifs is 2. The van der Waals surface area contributed by atoms with Crippen LogP contribution in [0.1, 0.15) is 5.56 Å². The van der Waals surface area contributed by atoms with Crippen molar-refractivity contribution < 1.29 is 13.9 Å². The summed E-state index contributed by atoms with van der Waals surface area (Å²) in [6, 6.07) is 7.44. The van der Waals surface area contributed by atoms with Crippen molar-refractivity contribution in [2.45, 2.75) is 12.5 Å². The zero-order valence-electron chi connectivity index (χ0n) is 14.6. The van der Waals surface area contributed by atoms with E-state index in [0.29, 0.717) is 35.9 Å². The Morgan fingerprint density at radius 2 is 2.07 bits per heavy atom. The van der Waals surface area contributed by atoms with Crippen LogP contribution in [-0.4, -0.2) is 48.1 Å². The van der Waals surface area contributed by atoms with E-state index in [1.807, 2.05) is 29.2 Å². The van der Waals surface area contributed by atoms with Crippen molar-refractivity contribution in [1.82, 2.24) is 15.2 Å². The molecule has 1 unspecified atom stereocenters. The molecule has 2 aromatic heterocycles. The highest BCUT2D eigenvalue weighted by molar-refractivity contribution is 6.31. The molecule has 1 amide bonds. The van der Waals surface area contributed by atoms with E-state index in [4.69, 9.17) is 20.8 Å². The quantitative estimate of drug-likeness (QED) is 0.737. The number of piperazine rings is 1. The van der Waals surface area contributed by atoms with E-state index in [2.05, 4.69) is 10.3 Å². The zero-order valence-corrected chi connectivity index (χ0v) is 15.3. The number of carbonyl (C=O) groups excluding carboxylic acids is 1. The van der Waals surface area contributed by atoms with Crippen LogP contribution in [0.15, 0.2) is 41.1 Å². The van der Waals surface area contributed by atoms with Gasteiger partial charge in [0.15, 0.2) is 11.7 Å². The SMILES string of the molecule is O=C(C1Cc2cc(Cl)cc(-c3ccnc4ccoc34)c2O1)N1CCNCC1. The first kappa shape index (κ1) is 16.6. The number of furan rings is 1. The summed E-state index contributed by atoms with van der Waals surface area (Å²) in [5.41, 5.74) is 4.09. The lowest BCUT2D eigenvalue weighted by atomic mass is 10.0. The molecule has 1 N–H and O–H groups in total. The topological polar surface area (TPSA) is 67.6 Å². The Labute approximate surface area is 161 Å².